The second kappa shape index (κ2) is 6.71. The van der Waals surface area contributed by atoms with Crippen molar-refractivity contribution in [1.82, 2.24) is 0 Å². The van der Waals surface area contributed by atoms with E-state index in [0.29, 0.717) is 6.07 Å². The van der Waals surface area contributed by atoms with Crippen LogP contribution in [0.25, 0.3) is 0 Å². The molecule has 0 atom stereocenters. The van der Waals surface area contributed by atoms with Crippen molar-refractivity contribution in [2.75, 3.05) is 0 Å². The van der Waals surface area contributed by atoms with Gasteiger partial charge in [0.25, 0.3) is 5.69 Å². The van der Waals surface area contributed by atoms with Crippen molar-refractivity contribution in [3.05, 3.63) is 67.2 Å². The second-order valence-corrected chi connectivity index (χ2v) is 7.07. The first-order chi connectivity index (χ1) is 11.1. The third-order valence-corrected chi connectivity index (χ3v) is 5.01. The first kappa shape index (κ1) is 19.9. The topological polar surface area (TPSA) is 134 Å². The van der Waals surface area contributed by atoms with Gasteiger partial charge in [-0.25, -0.2) is 8.42 Å². The van der Waals surface area contributed by atoms with Gasteiger partial charge in [-0.3, -0.25) is 19.7 Å². The third kappa shape index (κ3) is 3.09. The third-order valence-electron chi connectivity index (χ3n) is 3.54. The van der Waals surface area contributed by atoms with Crippen LogP contribution in [0.2, 0.25) is 0 Å². The van der Waals surface area contributed by atoms with Crippen LogP contribution in [0.3, 0.4) is 0 Å². The molecule has 2 aromatic carbocycles. The predicted molar refractivity (Wildman–Crippen MR) is 82.1 cm³/mol. The number of hydrogen-bond donors (Lipinski definition) is 0. The zero-order valence-electron chi connectivity index (χ0n) is 12.5. The summed E-state index contributed by atoms with van der Waals surface area (Å²) in [5.74, 6) is -1.57. The number of nitro benzene ring substituents is 1. The number of carbonyl (C=O) groups is 2. The Morgan fingerprint density at radius 3 is 1.92 bits per heavy atom. The minimum atomic E-state index is -5.24. The quantitative estimate of drug-likeness (QED) is 0.220. The van der Waals surface area contributed by atoms with Crippen molar-refractivity contribution < 1.29 is 57.0 Å². The van der Waals surface area contributed by atoms with Crippen molar-refractivity contribution in [1.29, 1.82) is 0 Å². The van der Waals surface area contributed by atoms with E-state index in [1.54, 1.807) is 0 Å². The molecular weight excluding hydrogens is 429 g/mol. The standard InChI is InChI=1S/C14H6BrNO7S.Na/c15-8-5-9(24(21,22)23)12(16(19)20)11-10(8)13(17)6-3-1-2-4-7(6)14(11)18;/h1-5H,(H,21,22,23);/q;+1/p-1. The summed E-state index contributed by atoms with van der Waals surface area (Å²) in [6.45, 7) is 0. The number of benzene rings is 2. The molecule has 0 aromatic heterocycles. The summed E-state index contributed by atoms with van der Waals surface area (Å²) in [5.41, 5.74) is -2.27. The van der Waals surface area contributed by atoms with Gasteiger partial charge in [-0.1, -0.05) is 24.3 Å². The minimum Gasteiger partial charge on any atom is -0.744 e. The van der Waals surface area contributed by atoms with Crippen LogP contribution in [0.15, 0.2) is 39.7 Å². The molecule has 8 nitrogen and oxygen atoms in total. The molecule has 1 aliphatic carbocycles. The fraction of sp³-hybridized carbons (Fsp3) is 0. The second-order valence-electron chi connectivity index (χ2n) is 4.87. The van der Waals surface area contributed by atoms with Gasteiger partial charge >= 0.3 is 29.6 Å². The van der Waals surface area contributed by atoms with Gasteiger partial charge in [0.2, 0.25) is 5.78 Å². The first-order valence-corrected chi connectivity index (χ1v) is 8.50. The summed E-state index contributed by atoms with van der Waals surface area (Å²) < 4.78 is 33.9. The molecule has 0 saturated carbocycles. The Hall–Kier alpha value is -1.43. The van der Waals surface area contributed by atoms with E-state index in [1.807, 2.05) is 0 Å². The molecule has 0 fully saturated rings. The smallest absolute Gasteiger partial charge is 0.744 e. The van der Waals surface area contributed by atoms with Crippen LogP contribution >= 0.6 is 15.9 Å². The number of nitrogens with zero attached hydrogens (tertiary/aromatic N) is 1. The zero-order valence-corrected chi connectivity index (χ0v) is 16.9. The molecule has 1 aliphatic rings. The van der Waals surface area contributed by atoms with Gasteiger partial charge in [-0.05, 0) is 22.0 Å². The van der Waals surface area contributed by atoms with Gasteiger partial charge in [-0.15, -0.1) is 0 Å². The van der Waals surface area contributed by atoms with Gasteiger partial charge in [0.05, 0.1) is 10.5 Å². The maximum atomic E-state index is 12.6. The van der Waals surface area contributed by atoms with Crippen molar-refractivity contribution in [3.63, 3.8) is 0 Å². The summed E-state index contributed by atoms with van der Waals surface area (Å²) in [5, 5.41) is 11.3. The molecule has 25 heavy (non-hydrogen) atoms. The summed E-state index contributed by atoms with van der Waals surface area (Å²) in [6.07, 6.45) is 0. The molecule has 0 unspecified atom stereocenters. The SMILES string of the molecule is O=C1c2ccccc2C(=O)c2c1c(Br)cc(S(=O)(=O)[O-])c2[N+](=O)[O-].[Na+]. The Bertz CT molecular complexity index is 1070. The number of fused-ring (bicyclic) bond motifs is 2. The zero-order chi connectivity index (χ0) is 17.8. The molecule has 2 aromatic rings. The average Bonchev–Trinajstić information content (AvgIpc) is 2.50. The van der Waals surface area contributed by atoms with Crippen LogP contribution in [0, 0.1) is 10.1 Å². The fourth-order valence-corrected chi connectivity index (χ4v) is 4.01. The average molecular weight is 434 g/mol. The van der Waals surface area contributed by atoms with Crippen LogP contribution in [0.4, 0.5) is 5.69 Å². The van der Waals surface area contributed by atoms with Gasteiger partial charge < -0.3 is 4.55 Å². The van der Waals surface area contributed by atoms with Crippen molar-refractivity contribution in [3.8, 4) is 0 Å². The van der Waals surface area contributed by atoms with Crippen LogP contribution in [-0.2, 0) is 10.1 Å². The first-order valence-electron chi connectivity index (χ1n) is 6.29. The molecule has 0 radical (unpaired) electrons. The predicted octanol–water partition coefficient (Wildman–Crippen LogP) is -0.959. The minimum absolute atomic E-state index is 0. The Morgan fingerprint density at radius 1 is 1.00 bits per heavy atom. The van der Waals surface area contributed by atoms with Crippen LogP contribution in [-0.4, -0.2) is 29.5 Å². The fourth-order valence-electron chi connectivity index (χ4n) is 2.58. The van der Waals surface area contributed by atoms with E-state index in [-0.39, 0.29) is 50.7 Å². The molecule has 0 saturated heterocycles. The van der Waals surface area contributed by atoms with Crippen LogP contribution < -0.4 is 29.6 Å². The van der Waals surface area contributed by atoms with E-state index in [4.69, 9.17) is 0 Å². The normalized spacial score (nSPS) is 12.9. The van der Waals surface area contributed by atoms with E-state index in [0.717, 1.165) is 0 Å². The monoisotopic (exact) mass is 433 g/mol. The molecule has 0 spiro atoms. The Labute approximate surface area is 171 Å². The summed E-state index contributed by atoms with van der Waals surface area (Å²) >= 11 is 2.93. The number of hydrogen-bond acceptors (Lipinski definition) is 7. The summed E-state index contributed by atoms with van der Waals surface area (Å²) in [7, 11) is -5.24. The molecular formula is C14H5BrNNaO7S. The number of nitro groups is 1. The van der Waals surface area contributed by atoms with Crippen LogP contribution in [0.5, 0.6) is 0 Å². The molecule has 3 rings (SSSR count). The van der Waals surface area contributed by atoms with Crippen molar-refractivity contribution in [2.24, 2.45) is 0 Å². The van der Waals surface area contributed by atoms with E-state index < -0.39 is 42.8 Å². The Kier molecular flexibility index (Phi) is 5.34. The van der Waals surface area contributed by atoms with E-state index in [9.17, 15) is 32.7 Å². The molecule has 122 valence electrons. The summed E-state index contributed by atoms with van der Waals surface area (Å²) in [6, 6.07) is 6.35. The molecule has 0 bridgehead atoms. The maximum absolute atomic E-state index is 12.6. The Balaban J connectivity index is 0.00000225. The van der Waals surface area contributed by atoms with Crippen molar-refractivity contribution >= 4 is 43.3 Å². The number of carbonyl (C=O) groups excluding carboxylic acids is 2. The van der Waals surface area contributed by atoms with E-state index in [1.165, 1.54) is 24.3 Å². The molecule has 0 amide bonds. The van der Waals surface area contributed by atoms with Crippen LogP contribution in [0.1, 0.15) is 31.8 Å². The number of halogens is 1. The largest absolute Gasteiger partial charge is 1.00 e. The molecule has 0 heterocycles. The number of ketones is 2. The van der Waals surface area contributed by atoms with E-state index in [2.05, 4.69) is 15.9 Å². The van der Waals surface area contributed by atoms with Gasteiger partial charge in [0.15, 0.2) is 5.78 Å². The molecule has 0 aliphatic heterocycles. The molecule has 11 heteroatoms. The Morgan fingerprint density at radius 2 is 1.48 bits per heavy atom. The number of rotatable bonds is 2. The van der Waals surface area contributed by atoms with Gasteiger partial charge in [0.1, 0.15) is 20.6 Å². The maximum Gasteiger partial charge on any atom is 1.00 e. The molecule has 0 N–H and O–H groups in total. The van der Waals surface area contributed by atoms with Gasteiger partial charge in [-0.2, -0.15) is 0 Å². The summed E-state index contributed by atoms with van der Waals surface area (Å²) in [4.78, 5) is 34.2. The van der Waals surface area contributed by atoms with Gasteiger partial charge in [0, 0.05) is 15.6 Å². The van der Waals surface area contributed by atoms with E-state index >= 15 is 0 Å². The van der Waals surface area contributed by atoms with Crippen molar-refractivity contribution in [2.45, 2.75) is 4.90 Å².